The topological polar surface area (TPSA) is 51.8 Å². The average molecular weight is 239 g/mol. The number of benzene rings is 2. The minimum Gasteiger partial charge on any atom is -0.383 e. The first-order valence-electron chi connectivity index (χ1n) is 5.52. The number of rotatable bonds is 1. The molecule has 0 atom stereocenters. The maximum Gasteiger partial charge on any atom is 0.162 e. The third-order valence-corrected chi connectivity index (χ3v) is 2.72. The van der Waals surface area contributed by atoms with Crippen molar-refractivity contribution in [3.8, 4) is 11.4 Å². The number of nitrogens with zero attached hydrogens (tertiary/aromatic N) is 2. The zero-order valence-electron chi connectivity index (χ0n) is 9.47. The highest BCUT2D eigenvalue weighted by atomic mass is 19.1. The van der Waals surface area contributed by atoms with E-state index in [0.717, 1.165) is 5.56 Å². The second kappa shape index (κ2) is 4.07. The van der Waals surface area contributed by atoms with E-state index in [1.165, 1.54) is 12.1 Å². The predicted molar refractivity (Wildman–Crippen MR) is 69.3 cm³/mol. The van der Waals surface area contributed by atoms with E-state index in [-0.39, 0.29) is 5.82 Å². The summed E-state index contributed by atoms with van der Waals surface area (Å²) >= 11 is 0. The maximum atomic E-state index is 13.2. The van der Waals surface area contributed by atoms with E-state index in [1.807, 2.05) is 30.3 Å². The zero-order chi connectivity index (χ0) is 12.5. The maximum absolute atomic E-state index is 13.2. The van der Waals surface area contributed by atoms with Crippen molar-refractivity contribution in [3.05, 3.63) is 54.3 Å². The van der Waals surface area contributed by atoms with Crippen molar-refractivity contribution in [2.45, 2.75) is 0 Å². The molecule has 0 aliphatic heterocycles. The first-order valence-corrected chi connectivity index (χ1v) is 5.52. The Labute approximate surface area is 103 Å². The van der Waals surface area contributed by atoms with Crippen LogP contribution in [0.25, 0.3) is 22.3 Å². The molecule has 3 nitrogen and oxygen atoms in total. The highest BCUT2D eigenvalue weighted by Gasteiger charge is 2.07. The number of nitrogen functional groups attached to an aromatic ring is 1. The van der Waals surface area contributed by atoms with E-state index in [1.54, 1.807) is 6.07 Å². The summed E-state index contributed by atoms with van der Waals surface area (Å²) in [5.74, 6) is 0.532. The molecule has 1 aromatic heterocycles. The fourth-order valence-corrected chi connectivity index (χ4v) is 1.84. The van der Waals surface area contributed by atoms with E-state index >= 15 is 0 Å². The lowest BCUT2D eigenvalue weighted by Gasteiger charge is -2.05. The van der Waals surface area contributed by atoms with E-state index in [4.69, 9.17) is 5.73 Å². The second-order valence-electron chi connectivity index (χ2n) is 3.96. The summed E-state index contributed by atoms with van der Waals surface area (Å²) in [7, 11) is 0. The Kier molecular flexibility index (Phi) is 2.41. The van der Waals surface area contributed by atoms with Crippen LogP contribution in [0.2, 0.25) is 0 Å². The van der Waals surface area contributed by atoms with Gasteiger partial charge in [-0.3, -0.25) is 0 Å². The fraction of sp³-hybridized carbons (Fsp3) is 0. The SMILES string of the molecule is Nc1nc(-c2ccccc2)nc2cc(F)ccc12. The van der Waals surface area contributed by atoms with Gasteiger partial charge in [0.2, 0.25) is 0 Å². The molecule has 4 heteroatoms. The van der Waals surface area contributed by atoms with Gasteiger partial charge in [-0.05, 0) is 12.1 Å². The van der Waals surface area contributed by atoms with Crippen LogP contribution in [0.4, 0.5) is 10.2 Å². The van der Waals surface area contributed by atoms with Crippen LogP contribution >= 0.6 is 0 Å². The lowest BCUT2D eigenvalue weighted by Crippen LogP contribution is -1.98. The summed E-state index contributed by atoms with van der Waals surface area (Å²) < 4.78 is 13.2. The third-order valence-electron chi connectivity index (χ3n) is 2.72. The molecular weight excluding hydrogens is 229 g/mol. The molecule has 88 valence electrons. The van der Waals surface area contributed by atoms with Crippen molar-refractivity contribution in [1.29, 1.82) is 0 Å². The molecule has 2 N–H and O–H groups in total. The lowest BCUT2D eigenvalue weighted by atomic mass is 10.2. The Morgan fingerprint density at radius 1 is 0.944 bits per heavy atom. The average Bonchev–Trinajstić information content (AvgIpc) is 2.39. The second-order valence-corrected chi connectivity index (χ2v) is 3.96. The minimum atomic E-state index is -0.334. The van der Waals surface area contributed by atoms with E-state index in [9.17, 15) is 4.39 Å². The molecule has 18 heavy (non-hydrogen) atoms. The summed E-state index contributed by atoms with van der Waals surface area (Å²) in [4.78, 5) is 8.58. The van der Waals surface area contributed by atoms with Crippen LogP contribution in [0, 0.1) is 5.82 Å². The quantitative estimate of drug-likeness (QED) is 0.710. The van der Waals surface area contributed by atoms with Gasteiger partial charge in [0.05, 0.1) is 5.52 Å². The van der Waals surface area contributed by atoms with Crippen molar-refractivity contribution in [1.82, 2.24) is 9.97 Å². The normalized spacial score (nSPS) is 10.7. The van der Waals surface area contributed by atoms with E-state index < -0.39 is 0 Å². The van der Waals surface area contributed by atoms with E-state index in [2.05, 4.69) is 9.97 Å². The summed E-state index contributed by atoms with van der Waals surface area (Å²) in [5, 5.41) is 0.663. The molecule has 0 fully saturated rings. The first kappa shape index (κ1) is 10.7. The fourth-order valence-electron chi connectivity index (χ4n) is 1.84. The standard InChI is InChI=1S/C14H10FN3/c15-10-6-7-11-12(8-10)17-14(18-13(11)16)9-4-2-1-3-5-9/h1-8H,(H2,16,17,18). The number of fused-ring (bicyclic) bond motifs is 1. The number of hydrogen-bond acceptors (Lipinski definition) is 3. The molecule has 0 amide bonds. The molecule has 1 heterocycles. The Balaban J connectivity index is 2.27. The largest absolute Gasteiger partial charge is 0.383 e. The molecule has 0 unspecified atom stereocenters. The smallest absolute Gasteiger partial charge is 0.162 e. The molecule has 0 saturated carbocycles. The van der Waals surface area contributed by atoms with Gasteiger partial charge in [-0.1, -0.05) is 30.3 Å². The molecule has 0 radical (unpaired) electrons. The highest BCUT2D eigenvalue weighted by molar-refractivity contribution is 5.89. The Bertz CT molecular complexity index is 711. The third kappa shape index (κ3) is 1.78. The number of halogens is 1. The van der Waals surface area contributed by atoms with E-state index in [0.29, 0.717) is 22.5 Å². The highest BCUT2D eigenvalue weighted by Crippen LogP contribution is 2.23. The van der Waals surface area contributed by atoms with Crippen LogP contribution in [0.5, 0.6) is 0 Å². The van der Waals surface area contributed by atoms with Gasteiger partial charge in [0.25, 0.3) is 0 Å². The van der Waals surface area contributed by atoms with Gasteiger partial charge in [-0.25, -0.2) is 14.4 Å². The summed E-state index contributed by atoms with van der Waals surface area (Å²) in [5.41, 5.74) is 7.24. The molecule has 0 saturated heterocycles. The van der Waals surface area contributed by atoms with Crippen LogP contribution < -0.4 is 5.73 Å². The van der Waals surface area contributed by atoms with Crippen LogP contribution in [0.1, 0.15) is 0 Å². The van der Waals surface area contributed by atoms with Crippen molar-refractivity contribution in [2.24, 2.45) is 0 Å². The number of anilines is 1. The summed E-state index contributed by atoms with van der Waals surface area (Å²) in [6, 6.07) is 13.8. The van der Waals surface area contributed by atoms with Crippen molar-refractivity contribution < 1.29 is 4.39 Å². The first-order chi connectivity index (χ1) is 8.74. The molecule has 0 spiro atoms. The van der Waals surface area contributed by atoms with Gasteiger partial charge in [-0.15, -0.1) is 0 Å². The van der Waals surface area contributed by atoms with Gasteiger partial charge in [-0.2, -0.15) is 0 Å². The van der Waals surface area contributed by atoms with Crippen LogP contribution in [-0.4, -0.2) is 9.97 Å². The van der Waals surface area contributed by atoms with Crippen LogP contribution in [-0.2, 0) is 0 Å². The number of aromatic nitrogens is 2. The monoisotopic (exact) mass is 239 g/mol. The predicted octanol–water partition coefficient (Wildman–Crippen LogP) is 3.02. The lowest BCUT2D eigenvalue weighted by molar-refractivity contribution is 0.629. The van der Waals surface area contributed by atoms with Gasteiger partial charge < -0.3 is 5.73 Å². The van der Waals surface area contributed by atoms with Crippen molar-refractivity contribution in [2.75, 3.05) is 5.73 Å². The zero-order valence-corrected chi connectivity index (χ0v) is 9.47. The molecule has 3 aromatic rings. The number of nitrogens with two attached hydrogens (primary N) is 1. The molecule has 3 rings (SSSR count). The van der Waals surface area contributed by atoms with Gasteiger partial charge in [0.1, 0.15) is 11.6 Å². The molecule has 2 aromatic carbocycles. The van der Waals surface area contributed by atoms with Crippen LogP contribution in [0.15, 0.2) is 48.5 Å². The Morgan fingerprint density at radius 3 is 2.50 bits per heavy atom. The molecule has 0 aliphatic carbocycles. The molecule has 0 bridgehead atoms. The summed E-state index contributed by atoms with van der Waals surface area (Å²) in [6.45, 7) is 0. The Hall–Kier alpha value is -2.49. The van der Waals surface area contributed by atoms with Crippen molar-refractivity contribution >= 4 is 16.7 Å². The number of hydrogen-bond donors (Lipinski definition) is 1. The molecule has 0 aliphatic rings. The van der Waals surface area contributed by atoms with Crippen LogP contribution in [0.3, 0.4) is 0 Å². The molecular formula is C14H10FN3. The van der Waals surface area contributed by atoms with Crippen molar-refractivity contribution in [3.63, 3.8) is 0 Å². The van der Waals surface area contributed by atoms with Gasteiger partial charge in [0, 0.05) is 17.0 Å². The minimum absolute atomic E-state index is 0.334. The Morgan fingerprint density at radius 2 is 1.72 bits per heavy atom. The summed E-state index contributed by atoms with van der Waals surface area (Å²) in [6.07, 6.45) is 0. The van der Waals surface area contributed by atoms with Gasteiger partial charge in [0.15, 0.2) is 5.82 Å². The van der Waals surface area contributed by atoms with Gasteiger partial charge >= 0.3 is 0 Å².